The number of aliphatic hydroxyl groups is 1. The van der Waals surface area contributed by atoms with E-state index in [4.69, 9.17) is 18.9 Å². The number of hydrogen-bond donors (Lipinski definition) is 1. The van der Waals surface area contributed by atoms with E-state index in [1.807, 2.05) is 24.1 Å². The van der Waals surface area contributed by atoms with Crippen LogP contribution in [0.1, 0.15) is 5.56 Å². The first kappa shape index (κ1) is 23.1. The zero-order valence-electron chi connectivity index (χ0n) is 19.7. The summed E-state index contributed by atoms with van der Waals surface area (Å²) in [6.45, 7) is 2.26. The van der Waals surface area contributed by atoms with Crippen LogP contribution in [0.4, 0.5) is 10.5 Å². The van der Waals surface area contributed by atoms with Crippen molar-refractivity contribution in [3.8, 4) is 17.4 Å². The highest BCUT2D eigenvalue weighted by molar-refractivity contribution is 5.90. The van der Waals surface area contributed by atoms with Crippen LogP contribution >= 0.6 is 0 Å². The number of hydrogen-bond acceptors (Lipinski definition) is 9. The number of anilines is 1. The van der Waals surface area contributed by atoms with Gasteiger partial charge in [0.05, 0.1) is 30.4 Å². The van der Waals surface area contributed by atoms with E-state index >= 15 is 0 Å². The molecule has 35 heavy (non-hydrogen) atoms. The van der Waals surface area contributed by atoms with Crippen LogP contribution in [-0.2, 0) is 11.2 Å². The van der Waals surface area contributed by atoms with Crippen LogP contribution in [0.2, 0.25) is 0 Å². The number of amides is 1. The predicted octanol–water partition coefficient (Wildman–Crippen LogP) is 2.27. The highest BCUT2D eigenvalue weighted by Crippen LogP contribution is 2.35. The van der Waals surface area contributed by atoms with Gasteiger partial charge in [-0.3, -0.25) is 9.88 Å². The maximum atomic E-state index is 12.5. The lowest BCUT2D eigenvalue weighted by atomic mass is 10.1. The molecule has 184 valence electrons. The maximum absolute atomic E-state index is 12.5. The van der Waals surface area contributed by atoms with Crippen LogP contribution in [0.25, 0.3) is 11.0 Å². The third-order valence-electron chi connectivity index (χ3n) is 6.21. The molecule has 4 heterocycles. The van der Waals surface area contributed by atoms with E-state index in [-0.39, 0.29) is 6.54 Å². The van der Waals surface area contributed by atoms with Crippen LogP contribution in [0.15, 0.2) is 42.6 Å². The molecule has 1 amide bonds. The number of ether oxygens (including phenoxy) is 4. The van der Waals surface area contributed by atoms with Crippen molar-refractivity contribution < 1.29 is 28.8 Å². The number of aliphatic hydroxyl groups excluding tert-OH is 1. The second-order valence-corrected chi connectivity index (χ2v) is 8.63. The molecule has 3 aromatic rings. The van der Waals surface area contributed by atoms with Crippen molar-refractivity contribution in [1.82, 2.24) is 14.9 Å². The standard InChI is InChI=1S/C25H28N4O6/c1-28(10-8-16-7-9-26-18-4-6-23(32-2)27-24(16)18)14-19(30)22-15-29(25(31)35-22)17-3-5-20-21(13-17)34-12-11-33-20/h3-7,9,13,19,22,30H,8,10-12,14-15H2,1-2H3/t19-,22-/m0/s1. The summed E-state index contributed by atoms with van der Waals surface area (Å²) in [5, 5.41) is 10.8. The van der Waals surface area contributed by atoms with Gasteiger partial charge < -0.3 is 29.0 Å². The number of pyridine rings is 2. The first-order valence-corrected chi connectivity index (χ1v) is 11.5. The van der Waals surface area contributed by atoms with Gasteiger partial charge in [0.1, 0.15) is 25.4 Å². The van der Waals surface area contributed by atoms with Crippen molar-refractivity contribution in [2.75, 3.05) is 51.9 Å². The third-order valence-corrected chi connectivity index (χ3v) is 6.21. The number of carbonyl (C=O) groups is 1. The Morgan fingerprint density at radius 1 is 1.20 bits per heavy atom. The van der Waals surface area contributed by atoms with Crippen molar-refractivity contribution in [3.05, 3.63) is 48.2 Å². The summed E-state index contributed by atoms with van der Waals surface area (Å²) < 4.78 is 21.9. The minimum atomic E-state index is -0.835. The molecule has 2 aliphatic rings. The van der Waals surface area contributed by atoms with Gasteiger partial charge in [-0.25, -0.2) is 9.78 Å². The average Bonchev–Trinajstić information content (AvgIpc) is 3.28. The predicted molar refractivity (Wildman–Crippen MR) is 128 cm³/mol. The second kappa shape index (κ2) is 9.93. The van der Waals surface area contributed by atoms with E-state index < -0.39 is 18.3 Å². The van der Waals surface area contributed by atoms with Crippen molar-refractivity contribution >= 4 is 22.8 Å². The largest absolute Gasteiger partial charge is 0.486 e. The lowest BCUT2D eigenvalue weighted by molar-refractivity contribution is 0.0152. The van der Waals surface area contributed by atoms with Gasteiger partial charge in [-0.05, 0) is 43.3 Å². The summed E-state index contributed by atoms with van der Waals surface area (Å²) in [7, 11) is 3.51. The molecule has 1 N–H and O–H groups in total. The first-order chi connectivity index (χ1) is 17.0. The molecular formula is C25H28N4O6. The van der Waals surface area contributed by atoms with E-state index in [0.29, 0.717) is 49.4 Å². The quantitative estimate of drug-likeness (QED) is 0.520. The number of likely N-dealkylation sites (N-methyl/N-ethyl adjacent to an activating group) is 1. The Kier molecular flexibility index (Phi) is 6.56. The van der Waals surface area contributed by atoms with Crippen LogP contribution in [0.5, 0.6) is 17.4 Å². The van der Waals surface area contributed by atoms with Gasteiger partial charge in [0.15, 0.2) is 11.5 Å². The molecule has 2 atom stereocenters. The third kappa shape index (κ3) is 4.94. The lowest BCUT2D eigenvalue weighted by Gasteiger charge is -2.23. The fourth-order valence-electron chi connectivity index (χ4n) is 4.31. The average molecular weight is 481 g/mol. The summed E-state index contributed by atoms with van der Waals surface area (Å²) in [5.41, 5.74) is 3.31. The number of carbonyl (C=O) groups excluding carboxylic acids is 1. The van der Waals surface area contributed by atoms with Crippen molar-refractivity contribution in [1.29, 1.82) is 0 Å². The Hall–Kier alpha value is -3.63. The molecule has 1 saturated heterocycles. The van der Waals surface area contributed by atoms with Crippen LogP contribution < -0.4 is 19.1 Å². The highest BCUT2D eigenvalue weighted by atomic mass is 16.6. The first-order valence-electron chi connectivity index (χ1n) is 11.5. The Labute approximate surface area is 203 Å². The van der Waals surface area contributed by atoms with E-state index in [9.17, 15) is 9.90 Å². The van der Waals surface area contributed by atoms with Crippen LogP contribution in [-0.4, -0.2) is 85.3 Å². The number of benzene rings is 1. The molecular weight excluding hydrogens is 452 g/mol. The van der Waals surface area contributed by atoms with Gasteiger partial charge in [0.25, 0.3) is 0 Å². The summed E-state index contributed by atoms with van der Waals surface area (Å²) >= 11 is 0. The Morgan fingerprint density at radius 3 is 2.86 bits per heavy atom. The van der Waals surface area contributed by atoms with E-state index in [0.717, 1.165) is 23.0 Å². The zero-order valence-corrected chi connectivity index (χ0v) is 19.7. The molecule has 0 saturated carbocycles. The fourth-order valence-corrected chi connectivity index (χ4v) is 4.31. The topological polar surface area (TPSA) is 106 Å². The number of rotatable bonds is 8. The van der Waals surface area contributed by atoms with Crippen LogP contribution in [0.3, 0.4) is 0 Å². The molecule has 0 spiro atoms. The number of cyclic esters (lactones) is 1. The smallest absolute Gasteiger partial charge is 0.414 e. The van der Waals surface area contributed by atoms with Gasteiger partial charge in [-0.2, -0.15) is 0 Å². The molecule has 2 aliphatic heterocycles. The van der Waals surface area contributed by atoms with Gasteiger partial charge in [0.2, 0.25) is 5.88 Å². The Balaban J connectivity index is 1.18. The van der Waals surface area contributed by atoms with E-state index in [2.05, 4.69) is 9.97 Å². The molecule has 10 heteroatoms. The lowest BCUT2D eigenvalue weighted by Crippen LogP contribution is -2.40. The van der Waals surface area contributed by atoms with Crippen LogP contribution in [0, 0.1) is 0 Å². The van der Waals surface area contributed by atoms with E-state index in [1.54, 1.807) is 37.6 Å². The SMILES string of the molecule is COc1ccc2nccc(CCN(C)C[C@H](O)[C@@H]3CN(c4ccc5c(c4)OCCO5)C(=O)O3)c2n1. The number of methoxy groups -OCH3 is 1. The van der Waals surface area contributed by atoms with Gasteiger partial charge in [0, 0.05) is 31.4 Å². The Morgan fingerprint density at radius 2 is 2.03 bits per heavy atom. The van der Waals surface area contributed by atoms with Crippen molar-refractivity contribution in [3.63, 3.8) is 0 Å². The maximum Gasteiger partial charge on any atom is 0.414 e. The molecule has 0 aliphatic carbocycles. The van der Waals surface area contributed by atoms with Crippen molar-refractivity contribution in [2.45, 2.75) is 18.6 Å². The molecule has 2 aromatic heterocycles. The molecule has 0 unspecified atom stereocenters. The molecule has 1 aromatic carbocycles. The summed E-state index contributed by atoms with van der Waals surface area (Å²) in [5.74, 6) is 1.79. The second-order valence-electron chi connectivity index (χ2n) is 8.63. The van der Waals surface area contributed by atoms with Gasteiger partial charge in [-0.15, -0.1) is 0 Å². The monoisotopic (exact) mass is 480 g/mol. The molecule has 0 bridgehead atoms. The van der Waals surface area contributed by atoms with E-state index in [1.165, 1.54) is 4.90 Å². The number of aromatic nitrogens is 2. The van der Waals surface area contributed by atoms with Gasteiger partial charge >= 0.3 is 6.09 Å². The summed E-state index contributed by atoms with van der Waals surface area (Å²) in [6, 6.07) is 11.0. The summed E-state index contributed by atoms with van der Waals surface area (Å²) in [4.78, 5) is 24.9. The molecule has 10 nitrogen and oxygen atoms in total. The fraction of sp³-hybridized carbons (Fsp3) is 0.400. The zero-order chi connectivity index (χ0) is 24.4. The molecule has 1 fully saturated rings. The normalized spacial score (nSPS) is 18.1. The summed E-state index contributed by atoms with van der Waals surface area (Å²) in [6.07, 6.45) is 0.530. The number of nitrogens with zero attached hydrogens (tertiary/aromatic N) is 4. The minimum Gasteiger partial charge on any atom is -0.486 e. The molecule has 0 radical (unpaired) electrons. The van der Waals surface area contributed by atoms with Crippen molar-refractivity contribution in [2.24, 2.45) is 0 Å². The minimum absolute atomic E-state index is 0.256. The Bertz CT molecular complexity index is 1220. The molecule has 5 rings (SSSR count). The van der Waals surface area contributed by atoms with Gasteiger partial charge in [-0.1, -0.05) is 0 Å². The highest BCUT2D eigenvalue weighted by Gasteiger charge is 2.37. The number of fused-ring (bicyclic) bond motifs is 2.